The van der Waals surface area contributed by atoms with Crippen molar-refractivity contribution in [3.05, 3.63) is 68.7 Å². The van der Waals surface area contributed by atoms with Gasteiger partial charge in [0.2, 0.25) is 0 Å². The Labute approximate surface area is 161 Å². The number of ether oxygens (including phenoxy) is 1. The highest BCUT2D eigenvalue weighted by molar-refractivity contribution is 6.32. The summed E-state index contributed by atoms with van der Waals surface area (Å²) in [7, 11) is 0. The first kappa shape index (κ1) is 20.4. The smallest absolute Gasteiger partial charge is 0.271 e. The standard InChI is InChI=1S/C19H19ClN2O5/c1-19(2,3)13-6-4-12(5-7-13)18(24)21-17(23)11-27-16-9-8-14(22(25)26)10-15(16)20/h4-10H,11H2,1-3H3,(H,21,23,24). The Morgan fingerprint density at radius 3 is 2.30 bits per heavy atom. The van der Waals surface area contributed by atoms with Crippen molar-refractivity contribution >= 4 is 29.1 Å². The molecule has 0 saturated carbocycles. The van der Waals surface area contributed by atoms with Crippen LogP contribution < -0.4 is 10.1 Å². The Bertz CT molecular complexity index is 873. The molecule has 0 aliphatic carbocycles. The molecule has 2 rings (SSSR count). The molecule has 0 aliphatic rings. The maximum atomic E-state index is 12.1. The zero-order valence-electron chi connectivity index (χ0n) is 15.1. The van der Waals surface area contributed by atoms with Crippen molar-refractivity contribution in [2.75, 3.05) is 6.61 Å². The van der Waals surface area contributed by atoms with Crippen LogP contribution in [0.1, 0.15) is 36.7 Å². The van der Waals surface area contributed by atoms with Crippen LogP contribution in [0.15, 0.2) is 42.5 Å². The van der Waals surface area contributed by atoms with Crippen LogP contribution in [0.2, 0.25) is 5.02 Å². The number of benzene rings is 2. The van der Waals surface area contributed by atoms with E-state index in [0.717, 1.165) is 11.6 Å². The predicted octanol–water partition coefficient (Wildman–Crippen LogP) is 3.88. The molecule has 0 heterocycles. The second-order valence-corrected chi connectivity index (χ2v) is 7.27. The largest absolute Gasteiger partial charge is 0.482 e. The lowest BCUT2D eigenvalue weighted by molar-refractivity contribution is -0.384. The summed E-state index contributed by atoms with van der Waals surface area (Å²) in [5.41, 5.74) is 1.19. The van der Waals surface area contributed by atoms with Crippen LogP contribution in [-0.2, 0) is 10.2 Å². The van der Waals surface area contributed by atoms with Crippen molar-refractivity contribution in [3.8, 4) is 5.75 Å². The van der Waals surface area contributed by atoms with E-state index in [-0.39, 0.29) is 21.9 Å². The highest BCUT2D eigenvalue weighted by Gasteiger charge is 2.16. The fraction of sp³-hybridized carbons (Fsp3) is 0.263. The molecule has 8 heteroatoms. The molecule has 142 valence electrons. The number of nitrogens with zero attached hydrogens (tertiary/aromatic N) is 1. The van der Waals surface area contributed by atoms with E-state index in [2.05, 4.69) is 26.1 Å². The van der Waals surface area contributed by atoms with Crippen LogP contribution in [0.25, 0.3) is 0 Å². The molecular formula is C19H19ClN2O5. The first-order valence-electron chi connectivity index (χ1n) is 8.09. The molecule has 0 radical (unpaired) electrons. The second-order valence-electron chi connectivity index (χ2n) is 6.87. The van der Waals surface area contributed by atoms with Crippen LogP contribution in [0.4, 0.5) is 5.69 Å². The van der Waals surface area contributed by atoms with Gasteiger partial charge in [-0.1, -0.05) is 44.5 Å². The van der Waals surface area contributed by atoms with Crippen molar-refractivity contribution in [2.24, 2.45) is 0 Å². The van der Waals surface area contributed by atoms with Gasteiger partial charge in [-0.25, -0.2) is 0 Å². The Balaban J connectivity index is 1.94. The summed E-state index contributed by atoms with van der Waals surface area (Å²) in [5.74, 6) is -1.09. The number of hydrogen-bond acceptors (Lipinski definition) is 5. The molecule has 27 heavy (non-hydrogen) atoms. The van der Waals surface area contributed by atoms with Crippen molar-refractivity contribution in [1.82, 2.24) is 5.32 Å². The van der Waals surface area contributed by atoms with Gasteiger partial charge in [0.05, 0.1) is 9.95 Å². The first-order valence-corrected chi connectivity index (χ1v) is 8.47. The quantitative estimate of drug-likeness (QED) is 0.617. The third-order valence-corrected chi connectivity index (χ3v) is 4.05. The number of imide groups is 1. The molecule has 1 N–H and O–H groups in total. The molecule has 7 nitrogen and oxygen atoms in total. The van der Waals surface area contributed by atoms with E-state index >= 15 is 0 Å². The highest BCUT2D eigenvalue weighted by atomic mass is 35.5. The zero-order valence-corrected chi connectivity index (χ0v) is 15.9. The molecule has 0 aromatic heterocycles. The van der Waals surface area contributed by atoms with Crippen molar-refractivity contribution < 1.29 is 19.2 Å². The number of carbonyl (C=O) groups excluding carboxylic acids is 2. The number of nitrogens with one attached hydrogen (secondary N) is 1. The number of rotatable bonds is 5. The number of hydrogen-bond donors (Lipinski definition) is 1. The molecular weight excluding hydrogens is 372 g/mol. The minimum absolute atomic E-state index is 0.00101. The van der Waals surface area contributed by atoms with E-state index in [0.29, 0.717) is 5.56 Å². The molecule has 0 aliphatic heterocycles. The number of amides is 2. The molecule has 2 amide bonds. The monoisotopic (exact) mass is 390 g/mol. The summed E-state index contributed by atoms with van der Waals surface area (Å²) >= 11 is 5.88. The van der Waals surface area contributed by atoms with Gasteiger partial charge in [0.25, 0.3) is 17.5 Å². The summed E-state index contributed by atoms with van der Waals surface area (Å²) < 4.78 is 5.22. The summed E-state index contributed by atoms with van der Waals surface area (Å²) in [6, 6.07) is 10.6. The summed E-state index contributed by atoms with van der Waals surface area (Å²) in [6.07, 6.45) is 0. The van der Waals surface area contributed by atoms with Crippen LogP contribution in [0, 0.1) is 10.1 Å². The average molecular weight is 391 g/mol. The summed E-state index contributed by atoms with van der Waals surface area (Å²) in [6.45, 7) is 5.73. The third kappa shape index (κ3) is 5.52. The van der Waals surface area contributed by atoms with E-state index < -0.39 is 23.3 Å². The number of nitro benzene ring substituents is 1. The van der Waals surface area contributed by atoms with Gasteiger partial charge >= 0.3 is 0 Å². The van der Waals surface area contributed by atoms with Gasteiger partial charge in [0.15, 0.2) is 6.61 Å². The summed E-state index contributed by atoms with van der Waals surface area (Å²) in [5, 5.41) is 12.9. The van der Waals surface area contributed by atoms with Crippen molar-refractivity contribution in [2.45, 2.75) is 26.2 Å². The average Bonchev–Trinajstić information content (AvgIpc) is 2.59. The number of non-ortho nitro benzene ring substituents is 1. The fourth-order valence-corrected chi connectivity index (χ4v) is 2.45. The van der Waals surface area contributed by atoms with E-state index in [1.54, 1.807) is 12.1 Å². The zero-order chi connectivity index (χ0) is 20.2. The Kier molecular flexibility index (Phi) is 6.17. The Morgan fingerprint density at radius 1 is 1.15 bits per heavy atom. The second kappa shape index (κ2) is 8.18. The van der Waals surface area contributed by atoms with Crippen LogP contribution >= 0.6 is 11.6 Å². The molecule has 0 spiro atoms. The van der Waals surface area contributed by atoms with Crippen LogP contribution in [-0.4, -0.2) is 23.3 Å². The SMILES string of the molecule is CC(C)(C)c1ccc(C(=O)NC(=O)COc2ccc([N+](=O)[O-])cc2Cl)cc1. The van der Waals surface area contributed by atoms with E-state index in [1.807, 2.05) is 12.1 Å². The Morgan fingerprint density at radius 2 is 1.78 bits per heavy atom. The van der Waals surface area contributed by atoms with Gasteiger partial charge in [-0.05, 0) is 29.2 Å². The fourth-order valence-electron chi connectivity index (χ4n) is 2.22. The highest BCUT2D eigenvalue weighted by Crippen LogP contribution is 2.28. The molecule has 2 aromatic rings. The lowest BCUT2D eigenvalue weighted by atomic mass is 9.87. The van der Waals surface area contributed by atoms with Crippen molar-refractivity contribution in [1.29, 1.82) is 0 Å². The van der Waals surface area contributed by atoms with Gasteiger partial charge in [-0.2, -0.15) is 0 Å². The summed E-state index contributed by atoms with van der Waals surface area (Å²) in [4.78, 5) is 34.1. The van der Waals surface area contributed by atoms with E-state index in [4.69, 9.17) is 16.3 Å². The number of halogens is 1. The third-order valence-electron chi connectivity index (χ3n) is 3.75. The number of nitro groups is 1. The van der Waals surface area contributed by atoms with Crippen molar-refractivity contribution in [3.63, 3.8) is 0 Å². The van der Waals surface area contributed by atoms with Gasteiger partial charge in [0.1, 0.15) is 5.75 Å². The maximum absolute atomic E-state index is 12.1. The lowest BCUT2D eigenvalue weighted by Gasteiger charge is -2.19. The Hall–Kier alpha value is -2.93. The van der Waals surface area contributed by atoms with Gasteiger partial charge in [0, 0.05) is 17.7 Å². The molecule has 0 fully saturated rings. The van der Waals surface area contributed by atoms with E-state index in [1.165, 1.54) is 12.1 Å². The first-order chi connectivity index (χ1) is 12.6. The molecule has 0 unspecified atom stereocenters. The molecule has 0 atom stereocenters. The van der Waals surface area contributed by atoms with Gasteiger partial charge in [-0.3, -0.25) is 25.0 Å². The predicted molar refractivity (Wildman–Crippen MR) is 101 cm³/mol. The normalized spacial score (nSPS) is 11.0. The minimum atomic E-state index is -0.658. The van der Waals surface area contributed by atoms with Gasteiger partial charge < -0.3 is 4.74 Å². The van der Waals surface area contributed by atoms with Gasteiger partial charge in [-0.15, -0.1) is 0 Å². The topological polar surface area (TPSA) is 98.5 Å². The van der Waals surface area contributed by atoms with E-state index in [9.17, 15) is 19.7 Å². The number of carbonyl (C=O) groups is 2. The van der Waals surface area contributed by atoms with Crippen LogP contribution in [0.3, 0.4) is 0 Å². The minimum Gasteiger partial charge on any atom is -0.482 e. The molecule has 0 bridgehead atoms. The van der Waals surface area contributed by atoms with Crippen LogP contribution in [0.5, 0.6) is 5.75 Å². The molecule has 0 saturated heterocycles. The lowest BCUT2D eigenvalue weighted by Crippen LogP contribution is -2.34. The molecule has 2 aromatic carbocycles. The maximum Gasteiger partial charge on any atom is 0.271 e.